The van der Waals surface area contributed by atoms with Crippen LogP contribution in [0.15, 0.2) is 22.8 Å². The molecule has 1 aromatic heterocycles. The summed E-state index contributed by atoms with van der Waals surface area (Å²) in [6.07, 6.45) is 2.74. The molecule has 0 spiro atoms. The molecule has 0 saturated carbocycles. The summed E-state index contributed by atoms with van der Waals surface area (Å²) in [4.78, 5) is 6.23. The largest absolute Gasteiger partial charge is 0.478 e. The molecule has 0 aliphatic rings. The van der Waals surface area contributed by atoms with Crippen LogP contribution in [0.1, 0.15) is 6.42 Å². The van der Waals surface area contributed by atoms with E-state index in [9.17, 15) is 0 Å². The van der Waals surface area contributed by atoms with Crippen molar-refractivity contribution in [1.82, 2.24) is 9.88 Å². The molecule has 14 heavy (non-hydrogen) atoms. The van der Waals surface area contributed by atoms with Crippen molar-refractivity contribution in [2.45, 2.75) is 6.42 Å². The molecule has 0 amide bonds. The second-order valence-electron chi connectivity index (χ2n) is 3.32. The van der Waals surface area contributed by atoms with Crippen LogP contribution in [0, 0.1) is 0 Å². The van der Waals surface area contributed by atoms with E-state index in [1.807, 2.05) is 12.1 Å². The van der Waals surface area contributed by atoms with Crippen LogP contribution in [0.4, 0.5) is 0 Å². The SMILES string of the molecule is CN(C)CCCOc1cc(Br)ccn1. The van der Waals surface area contributed by atoms with Gasteiger partial charge in [-0.15, -0.1) is 0 Å². The lowest BCUT2D eigenvalue weighted by Gasteiger charge is -2.09. The molecule has 1 rings (SSSR count). The van der Waals surface area contributed by atoms with E-state index in [1.54, 1.807) is 6.20 Å². The molecule has 0 N–H and O–H groups in total. The van der Waals surface area contributed by atoms with Crippen LogP contribution >= 0.6 is 15.9 Å². The molecule has 0 atom stereocenters. The van der Waals surface area contributed by atoms with Gasteiger partial charge >= 0.3 is 0 Å². The Hall–Kier alpha value is -0.610. The zero-order valence-electron chi connectivity index (χ0n) is 8.53. The van der Waals surface area contributed by atoms with Gasteiger partial charge < -0.3 is 9.64 Å². The van der Waals surface area contributed by atoms with Crippen LogP contribution in [0.2, 0.25) is 0 Å². The number of ether oxygens (including phenoxy) is 1. The van der Waals surface area contributed by atoms with Gasteiger partial charge in [0, 0.05) is 23.3 Å². The topological polar surface area (TPSA) is 25.4 Å². The predicted molar refractivity (Wildman–Crippen MR) is 60.6 cm³/mol. The first-order chi connectivity index (χ1) is 6.68. The summed E-state index contributed by atoms with van der Waals surface area (Å²) < 4.78 is 6.46. The molecular formula is C10H15BrN2O. The van der Waals surface area contributed by atoms with E-state index in [0.29, 0.717) is 12.5 Å². The van der Waals surface area contributed by atoms with Crippen molar-refractivity contribution in [2.24, 2.45) is 0 Å². The summed E-state index contributed by atoms with van der Waals surface area (Å²) in [7, 11) is 4.11. The van der Waals surface area contributed by atoms with E-state index in [-0.39, 0.29) is 0 Å². The van der Waals surface area contributed by atoms with Crippen LogP contribution in [0.25, 0.3) is 0 Å². The normalized spacial score (nSPS) is 10.6. The van der Waals surface area contributed by atoms with E-state index in [1.165, 1.54) is 0 Å². The first-order valence-electron chi connectivity index (χ1n) is 4.57. The Morgan fingerprint density at radius 2 is 2.29 bits per heavy atom. The molecule has 0 aromatic carbocycles. The number of pyridine rings is 1. The summed E-state index contributed by atoms with van der Waals surface area (Å²) in [5, 5.41) is 0. The molecular weight excluding hydrogens is 244 g/mol. The lowest BCUT2D eigenvalue weighted by atomic mass is 10.4. The molecule has 0 aliphatic carbocycles. The highest BCUT2D eigenvalue weighted by Crippen LogP contribution is 2.14. The Kier molecular flexibility index (Phi) is 4.90. The van der Waals surface area contributed by atoms with E-state index in [4.69, 9.17) is 4.74 Å². The van der Waals surface area contributed by atoms with Crippen molar-refractivity contribution in [3.8, 4) is 5.88 Å². The smallest absolute Gasteiger partial charge is 0.214 e. The average Bonchev–Trinajstić information content (AvgIpc) is 2.12. The molecule has 0 radical (unpaired) electrons. The second kappa shape index (κ2) is 5.98. The highest BCUT2D eigenvalue weighted by atomic mass is 79.9. The Labute approximate surface area is 93.2 Å². The maximum absolute atomic E-state index is 5.47. The van der Waals surface area contributed by atoms with Gasteiger partial charge in [-0.05, 0) is 26.6 Å². The number of hydrogen-bond acceptors (Lipinski definition) is 3. The van der Waals surface area contributed by atoms with Gasteiger partial charge in [0.1, 0.15) is 0 Å². The van der Waals surface area contributed by atoms with E-state index < -0.39 is 0 Å². The van der Waals surface area contributed by atoms with Crippen molar-refractivity contribution < 1.29 is 4.74 Å². The van der Waals surface area contributed by atoms with Crippen molar-refractivity contribution in [1.29, 1.82) is 0 Å². The van der Waals surface area contributed by atoms with Crippen molar-refractivity contribution in [3.05, 3.63) is 22.8 Å². The molecule has 0 saturated heterocycles. The lowest BCUT2D eigenvalue weighted by Crippen LogP contribution is -2.15. The Balaban J connectivity index is 2.25. The molecule has 0 aliphatic heterocycles. The molecule has 1 heterocycles. The second-order valence-corrected chi connectivity index (χ2v) is 4.23. The number of nitrogens with zero attached hydrogens (tertiary/aromatic N) is 2. The summed E-state index contributed by atoms with van der Waals surface area (Å²) in [5.41, 5.74) is 0. The summed E-state index contributed by atoms with van der Waals surface area (Å²) in [6.45, 7) is 1.75. The standard InChI is InChI=1S/C10H15BrN2O/c1-13(2)6-3-7-14-10-8-9(11)4-5-12-10/h4-5,8H,3,6-7H2,1-2H3. The van der Waals surface area contributed by atoms with Gasteiger partial charge in [0.25, 0.3) is 0 Å². The lowest BCUT2D eigenvalue weighted by molar-refractivity contribution is 0.273. The minimum Gasteiger partial charge on any atom is -0.478 e. The summed E-state index contributed by atoms with van der Waals surface area (Å²) in [6, 6.07) is 3.75. The average molecular weight is 259 g/mol. The molecule has 1 aromatic rings. The highest BCUT2D eigenvalue weighted by Gasteiger charge is 1.96. The molecule has 0 unspecified atom stereocenters. The third kappa shape index (κ3) is 4.58. The fourth-order valence-electron chi connectivity index (χ4n) is 1.02. The van der Waals surface area contributed by atoms with Gasteiger partial charge in [-0.3, -0.25) is 0 Å². The minimum absolute atomic E-state index is 0.679. The molecule has 4 heteroatoms. The van der Waals surface area contributed by atoms with Gasteiger partial charge in [0.15, 0.2) is 0 Å². The summed E-state index contributed by atoms with van der Waals surface area (Å²) >= 11 is 3.37. The highest BCUT2D eigenvalue weighted by molar-refractivity contribution is 9.10. The van der Waals surface area contributed by atoms with Crippen molar-refractivity contribution >= 4 is 15.9 Å². The molecule has 0 bridgehead atoms. The maximum atomic E-state index is 5.47. The Morgan fingerprint density at radius 1 is 1.50 bits per heavy atom. The van der Waals surface area contributed by atoms with Gasteiger partial charge in [-0.25, -0.2) is 4.98 Å². The van der Waals surface area contributed by atoms with Gasteiger partial charge in [0.2, 0.25) is 5.88 Å². The van der Waals surface area contributed by atoms with Crippen LogP contribution in [-0.4, -0.2) is 37.1 Å². The van der Waals surface area contributed by atoms with E-state index in [2.05, 4.69) is 39.9 Å². The summed E-state index contributed by atoms with van der Waals surface area (Å²) in [5.74, 6) is 0.679. The van der Waals surface area contributed by atoms with E-state index >= 15 is 0 Å². The predicted octanol–water partition coefficient (Wildman–Crippen LogP) is 2.17. The number of aromatic nitrogens is 1. The number of rotatable bonds is 5. The van der Waals surface area contributed by atoms with Crippen LogP contribution in [-0.2, 0) is 0 Å². The Morgan fingerprint density at radius 3 is 2.93 bits per heavy atom. The zero-order chi connectivity index (χ0) is 10.4. The zero-order valence-corrected chi connectivity index (χ0v) is 10.1. The maximum Gasteiger partial charge on any atom is 0.214 e. The van der Waals surface area contributed by atoms with Crippen molar-refractivity contribution in [2.75, 3.05) is 27.2 Å². The van der Waals surface area contributed by atoms with Crippen LogP contribution < -0.4 is 4.74 Å². The van der Waals surface area contributed by atoms with E-state index in [0.717, 1.165) is 17.4 Å². The fourth-order valence-corrected chi connectivity index (χ4v) is 1.34. The minimum atomic E-state index is 0.679. The first-order valence-corrected chi connectivity index (χ1v) is 5.37. The Bertz CT molecular complexity index is 279. The monoisotopic (exact) mass is 258 g/mol. The quantitative estimate of drug-likeness (QED) is 0.758. The number of hydrogen-bond donors (Lipinski definition) is 0. The molecule has 0 fully saturated rings. The van der Waals surface area contributed by atoms with Gasteiger partial charge in [0.05, 0.1) is 6.61 Å². The van der Waals surface area contributed by atoms with Crippen LogP contribution in [0.3, 0.4) is 0 Å². The van der Waals surface area contributed by atoms with Crippen LogP contribution in [0.5, 0.6) is 5.88 Å². The first kappa shape index (κ1) is 11.5. The molecule has 78 valence electrons. The van der Waals surface area contributed by atoms with Gasteiger partial charge in [-0.1, -0.05) is 15.9 Å². The fraction of sp³-hybridized carbons (Fsp3) is 0.500. The number of halogens is 1. The third-order valence-corrected chi connectivity index (χ3v) is 2.19. The van der Waals surface area contributed by atoms with Gasteiger partial charge in [-0.2, -0.15) is 0 Å². The third-order valence-electron chi connectivity index (χ3n) is 1.70. The van der Waals surface area contributed by atoms with Crippen molar-refractivity contribution in [3.63, 3.8) is 0 Å². The molecule has 3 nitrogen and oxygen atoms in total.